The first kappa shape index (κ1) is 14.4. The molecule has 1 aliphatic rings. The normalized spacial score (nSPS) is 15.4. The van der Waals surface area contributed by atoms with Crippen molar-refractivity contribution in [1.29, 1.82) is 0 Å². The molecule has 0 saturated carbocycles. The minimum atomic E-state index is 0.476. The molecule has 0 amide bonds. The molecule has 0 heterocycles. The summed E-state index contributed by atoms with van der Waals surface area (Å²) in [5.41, 5.74) is 1.17. The van der Waals surface area contributed by atoms with Gasteiger partial charge in [0.15, 0.2) is 5.96 Å². The van der Waals surface area contributed by atoms with Gasteiger partial charge in [0.25, 0.3) is 0 Å². The van der Waals surface area contributed by atoms with Gasteiger partial charge in [0.2, 0.25) is 0 Å². The number of guanidine groups is 1. The van der Waals surface area contributed by atoms with Crippen molar-refractivity contribution >= 4 is 5.96 Å². The maximum absolute atomic E-state index is 5.15. The zero-order chi connectivity index (χ0) is 14.2. The summed E-state index contributed by atoms with van der Waals surface area (Å²) in [6, 6.07) is 8.49. The maximum Gasteiger partial charge on any atom is 0.191 e. The van der Waals surface area contributed by atoms with E-state index in [-0.39, 0.29) is 0 Å². The van der Waals surface area contributed by atoms with Gasteiger partial charge in [-0.2, -0.15) is 0 Å². The van der Waals surface area contributed by atoms with E-state index in [0.29, 0.717) is 12.6 Å². The number of hydrogen-bond acceptors (Lipinski definition) is 2. The van der Waals surface area contributed by atoms with E-state index in [9.17, 15) is 0 Å². The van der Waals surface area contributed by atoms with E-state index in [0.717, 1.165) is 31.1 Å². The van der Waals surface area contributed by atoms with Crippen LogP contribution >= 0.6 is 0 Å². The van der Waals surface area contributed by atoms with E-state index in [1.807, 2.05) is 24.3 Å². The molecule has 1 aromatic carbocycles. The van der Waals surface area contributed by atoms with E-state index in [2.05, 4.69) is 34.7 Å². The SMILES string of the molecule is CCNC(=NCc1ccc(OC)cc1)NC1CC=CC1. The summed E-state index contributed by atoms with van der Waals surface area (Å²) in [5.74, 6) is 1.76. The third-order valence-corrected chi connectivity index (χ3v) is 3.27. The van der Waals surface area contributed by atoms with Crippen molar-refractivity contribution in [1.82, 2.24) is 10.6 Å². The molecule has 2 N–H and O–H groups in total. The van der Waals surface area contributed by atoms with E-state index in [1.54, 1.807) is 7.11 Å². The van der Waals surface area contributed by atoms with Crippen molar-refractivity contribution in [3.8, 4) is 5.75 Å². The quantitative estimate of drug-likeness (QED) is 0.492. The number of ether oxygens (including phenoxy) is 1. The lowest BCUT2D eigenvalue weighted by Crippen LogP contribution is -2.42. The van der Waals surface area contributed by atoms with E-state index in [4.69, 9.17) is 4.74 Å². The second kappa shape index (κ2) is 7.58. The highest BCUT2D eigenvalue weighted by atomic mass is 16.5. The minimum absolute atomic E-state index is 0.476. The lowest BCUT2D eigenvalue weighted by Gasteiger charge is -2.16. The summed E-state index contributed by atoms with van der Waals surface area (Å²) in [7, 11) is 1.68. The highest BCUT2D eigenvalue weighted by Crippen LogP contribution is 2.12. The molecule has 20 heavy (non-hydrogen) atoms. The topological polar surface area (TPSA) is 45.7 Å². The third-order valence-electron chi connectivity index (χ3n) is 3.27. The number of hydrogen-bond donors (Lipinski definition) is 2. The Kier molecular flexibility index (Phi) is 5.47. The number of benzene rings is 1. The van der Waals surface area contributed by atoms with Crippen LogP contribution in [0.4, 0.5) is 0 Å². The molecule has 4 nitrogen and oxygen atoms in total. The summed E-state index contributed by atoms with van der Waals surface area (Å²) < 4.78 is 5.15. The first-order valence-electron chi connectivity index (χ1n) is 7.14. The van der Waals surface area contributed by atoms with Gasteiger partial charge in [0, 0.05) is 12.6 Å². The molecule has 0 saturated heterocycles. The number of rotatable bonds is 5. The molecule has 1 aliphatic carbocycles. The third kappa shape index (κ3) is 4.30. The Labute approximate surface area is 120 Å². The van der Waals surface area contributed by atoms with Crippen LogP contribution in [-0.2, 0) is 6.54 Å². The molecule has 0 spiro atoms. The predicted molar refractivity (Wildman–Crippen MR) is 83.1 cm³/mol. The number of aliphatic imine (C=N–C) groups is 1. The Morgan fingerprint density at radius 1 is 1.25 bits per heavy atom. The van der Waals surface area contributed by atoms with Crippen LogP contribution in [0.25, 0.3) is 0 Å². The fraction of sp³-hybridized carbons (Fsp3) is 0.438. The minimum Gasteiger partial charge on any atom is -0.497 e. The van der Waals surface area contributed by atoms with Crippen molar-refractivity contribution in [3.63, 3.8) is 0 Å². The molecule has 0 atom stereocenters. The summed E-state index contributed by atoms with van der Waals surface area (Å²) >= 11 is 0. The Balaban J connectivity index is 1.92. The molecule has 0 radical (unpaired) electrons. The fourth-order valence-electron chi connectivity index (χ4n) is 2.15. The van der Waals surface area contributed by atoms with Gasteiger partial charge in [-0.3, -0.25) is 0 Å². The fourth-order valence-corrected chi connectivity index (χ4v) is 2.15. The second-order valence-corrected chi connectivity index (χ2v) is 4.83. The van der Waals surface area contributed by atoms with Crippen LogP contribution in [0.2, 0.25) is 0 Å². The summed E-state index contributed by atoms with van der Waals surface area (Å²) in [6.45, 7) is 3.62. The molecule has 0 fully saturated rings. The molecule has 0 aromatic heterocycles. The van der Waals surface area contributed by atoms with Crippen molar-refractivity contribution in [2.45, 2.75) is 32.4 Å². The first-order chi connectivity index (χ1) is 9.81. The highest BCUT2D eigenvalue weighted by molar-refractivity contribution is 5.80. The van der Waals surface area contributed by atoms with E-state index < -0.39 is 0 Å². The lowest BCUT2D eigenvalue weighted by molar-refractivity contribution is 0.414. The highest BCUT2D eigenvalue weighted by Gasteiger charge is 2.11. The summed E-state index contributed by atoms with van der Waals surface area (Å²) in [5, 5.41) is 6.75. The Morgan fingerprint density at radius 3 is 2.55 bits per heavy atom. The van der Waals surface area contributed by atoms with Gasteiger partial charge in [0.05, 0.1) is 13.7 Å². The Morgan fingerprint density at radius 2 is 1.95 bits per heavy atom. The summed E-state index contributed by atoms with van der Waals surface area (Å²) in [4.78, 5) is 4.63. The van der Waals surface area contributed by atoms with Crippen LogP contribution in [0, 0.1) is 0 Å². The predicted octanol–water partition coefficient (Wildman–Crippen LogP) is 2.47. The molecule has 4 heteroatoms. The molecule has 0 bridgehead atoms. The number of nitrogens with zero attached hydrogens (tertiary/aromatic N) is 1. The first-order valence-corrected chi connectivity index (χ1v) is 7.14. The van der Waals surface area contributed by atoms with Crippen molar-refractivity contribution in [3.05, 3.63) is 42.0 Å². The smallest absolute Gasteiger partial charge is 0.191 e. The van der Waals surface area contributed by atoms with Crippen LogP contribution in [0.1, 0.15) is 25.3 Å². The average molecular weight is 273 g/mol. The standard InChI is InChI=1S/C16H23N3O/c1-3-17-16(19-14-6-4-5-7-14)18-12-13-8-10-15(20-2)11-9-13/h4-5,8-11,14H,3,6-7,12H2,1-2H3,(H2,17,18,19). The van der Waals surface area contributed by atoms with Gasteiger partial charge < -0.3 is 15.4 Å². The number of methoxy groups -OCH3 is 1. The number of nitrogens with one attached hydrogen (secondary N) is 2. The van der Waals surface area contributed by atoms with E-state index in [1.165, 1.54) is 5.56 Å². The van der Waals surface area contributed by atoms with Crippen LogP contribution in [0.5, 0.6) is 5.75 Å². The molecule has 1 aromatic rings. The van der Waals surface area contributed by atoms with E-state index >= 15 is 0 Å². The molecule has 2 rings (SSSR count). The van der Waals surface area contributed by atoms with Gasteiger partial charge in [-0.1, -0.05) is 24.3 Å². The molecular weight excluding hydrogens is 250 g/mol. The van der Waals surface area contributed by atoms with Crippen LogP contribution < -0.4 is 15.4 Å². The molecule has 0 unspecified atom stereocenters. The Bertz CT molecular complexity index is 457. The van der Waals surface area contributed by atoms with Gasteiger partial charge in [-0.25, -0.2) is 4.99 Å². The van der Waals surface area contributed by atoms with Gasteiger partial charge in [0.1, 0.15) is 5.75 Å². The van der Waals surface area contributed by atoms with Crippen molar-refractivity contribution in [2.24, 2.45) is 4.99 Å². The maximum atomic E-state index is 5.15. The molecule has 108 valence electrons. The summed E-state index contributed by atoms with van der Waals surface area (Å²) in [6.07, 6.45) is 6.58. The van der Waals surface area contributed by atoms with Gasteiger partial charge in [-0.05, 0) is 37.5 Å². The van der Waals surface area contributed by atoms with Crippen LogP contribution in [0.15, 0.2) is 41.4 Å². The monoisotopic (exact) mass is 273 g/mol. The largest absolute Gasteiger partial charge is 0.497 e. The van der Waals surface area contributed by atoms with Gasteiger partial charge >= 0.3 is 0 Å². The Hall–Kier alpha value is -1.97. The van der Waals surface area contributed by atoms with Crippen LogP contribution in [0.3, 0.4) is 0 Å². The zero-order valence-corrected chi connectivity index (χ0v) is 12.2. The molecular formula is C16H23N3O. The van der Waals surface area contributed by atoms with Gasteiger partial charge in [-0.15, -0.1) is 0 Å². The lowest BCUT2D eigenvalue weighted by atomic mass is 10.2. The molecule has 0 aliphatic heterocycles. The van der Waals surface area contributed by atoms with Crippen molar-refractivity contribution in [2.75, 3.05) is 13.7 Å². The average Bonchev–Trinajstić information content (AvgIpc) is 2.98. The van der Waals surface area contributed by atoms with Crippen molar-refractivity contribution < 1.29 is 4.74 Å². The zero-order valence-electron chi connectivity index (χ0n) is 12.2. The second-order valence-electron chi connectivity index (χ2n) is 4.83. The van der Waals surface area contributed by atoms with Crippen LogP contribution in [-0.4, -0.2) is 25.7 Å².